The summed E-state index contributed by atoms with van der Waals surface area (Å²) in [5, 5.41) is 11.4. The Labute approximate surface area is 249 Å². The second-order valence-electron chi connectivity index (χ2n) is 11.3. The van der Waals surface area contributed by atoms with Gasteiger partial charge in [0.15, 0.2) is 11.5 Å². The van der Waals surface area contributed by atoms with Gasteiger partial charge in [-0.1, -0.05) is 18.2 Å². The number of ether oxygens (including phenoxy) is 2. The number of hydrogen-bond acceptors (Lipinski definition) is 8. The van der Waals surface area contributed by atoms with Crippen molar-refractivity contribution in [1.29, 1.82) is 0 Å². The molecular formula is C31H34N8O4. The Bertz CT molecular complexity index is 1610. The standard InChI is InChI=1S/C31H34N8O4/c1-42-31(41)37-15-13-23(14-16-37)39-29-26(17-32-39)28(38-18-24-11-12-25(19-38)43-24)35-27(36-29)20-7-9-22(10-8-20)34-30(40)33-21-5-3-2-4-6-21/h2-10,17,23-25H,11-16,18-19H2,1H3,(H2,33,34,40). The summed E-state index contributed by atoms with van der Waals surface area (Å²) in [5.41, 5.74) is 2.99. The van der Waals surface area contributed by atoms with Gasteiger partial charge in [-0.2, -0.15) is 5.10 Å². The number of amides is 3. The van der Waals surface area contributed by atoms with Crippen LogP contribution < -0.4 is 15.5 Å². The summed E-state index contributed by atoms with van der Waals surface area (Å²) < 4.78 is 13.0. The van der Waals surface area contributed by atoms with E-state index in [2.05, 4.69) is 15.5 Å². The number of fused-ring (bicyclic) bond motifs is 3. The second kappa shape index (κ2) is 11.5. The summed E-state index contributed by atoms with van der Waals surface area (Å²) in [7, 11) is 1.41. The first-order valence-corrected chi connectivity index (χ1v) is 14.8. The average molecular weight is 583 g/mol. The summed E-state index contributed by atoms with van der Waals surface area (Å²) in [6, 6.07) is 16.6. The molecule has 2 aromatic heterocycles. The molecule has 3 aliphatic heterocycles. The van der Waals surface area contributed by atoms with Crippen LogP contribution >= 0.6 is 0 Å². The SMILES string of the molecule is COC(=O)N1CCC(n2ncc3c(N4CC5CCC(C4)O5)nc(-c4ccc(NC(=O)Nc5ccccc5)cc4)nc32)CC1. The number of piperidine rings is 1. The largest absolute Gasteiger partial charge is 0.453 e. The topological polar surface area (TPSA) is 127 Å². The first-order chi connectivity index (χ1) is 21.0. The van der Waals surface area contributed by atoms with Crippen LogP contribution in [0.4, 0.5) is 26.8 Å². The van der Waals surface area contributed by atoms with Gasteiger partial charge in [-0.3, -0.25) is 0 Å². The minimum atomic E-state index is -0.317. The maximum Gasteiger partial charge on any atom is 0.409 e. The highest BCUT2D eigenvalue weighted by Gasteiger charge is 2.36. The van der Waals surface area contributed by atoms with Gasteiger partial charge in [0.1, 0.15) is 5.82 Å². The molecule has 2 aromatic carbocycles. The second-order valence-corrected chi connectivity index (χ2v) is 11.3. The van der Waals surface area contributed by atoms with Gasteiger partial charge in [-0.15, -0.1) is 0 Å². The molecule has 0 spiro atoms. The number of likely N-dealkylation sites (tertiary alicyclic amines) is 1. The van der Waals surface area contributed by atoms with Crippen molar-refractivity contribution in [3.8, 4) is 11.4 Å². The number of carbonyl (C=O) groups excluding carboxylic acids is 2. The normalized spacial score (nSPS) is 20.3. The van der Waals surface area contributed by atoms with Crippen molar-refractivity contribution in [2.45, 2.75) is 43.9 Å². The fourth-order valence-electron chi connectivity index (χ4n) is 6.28. The van der Waals surface area contributed by atoms with E-state index in [0.29, 0.717) is 24.6 Å². The Morgan fingerprint density at radius 2 is 1.56 bits per heavy atom. The summed E-state index contributed by atoms with van der Waals surface area (Å²) in [4.78, 5) is 38.7. The number of hydrogen-bond donors (Lipinski definition) is 2. The van der Waals surface area contributed by atoms with Gasteiger partial charge in [0.25, 0.3) is 0 Å². The number of methoxy groups -OCH3 is 1. The number of aromatic nitrogens is 4. The van der Waals surface area contributed by atoms with Crippen molar-refractivity contribution >= 4 is 40.4 Å². The van der Waals surface area contributed by atoms with Crippen molar-refractivity contribution in [1.82, 2.24) is 24.6 Å². The zero-order chi connectivity index (χ0) is 29.3. The predicted octanol–water partition coefficient (Wildman–Crippen LogP) is 4.91. The Morgan fingerprint density at radius 3 is 2.23 bits per heavy atom. The average Bonchev–Trinajstić information content (AvgIpc) is 3.63. The molecule has 43 heavy (non-hydrogen) atoms. The lowest BCUT2D eigenvalue weighted by Crippen LogP contribution is -2.43. The highest BCUT2D eigenvalue weighted by atomic mass is 16.5. The Hall–Kier alpha value is -4.71. The van der Waals surface area contributed by atoms with Crippen LogP contribution in [-0.4, -0.2) is 82.3 Å². The van der Waals surface area contributed by atoms with Crippen LogP contribution in [0.1, 0.15) is 31.7 Å². The van der Waals surface area contributed by atoms with Crippen LogP contribution in [0.25, 0.3) is 22.4 Å². The molecule has 3 saturated heterocycles. The van der Waals surface area contributed by atoms with Gasteiger partial charge < -0.3 is 29.9 Å². The fraction of sp³-hybridized carbons (Fsp3) is 0.387. The minimum Gasteiger partial charge on any atom is -0.453 e. The van der Waals surface area contributed by atoms with E-state index in [4.69, 9.17) is 24.5 Å². The summed E-state index contributed by atoms with van der Waals surface area (Å²) >= 11 is 0. The smallest absolute Gasteiger partial charge is 0.409 e. The summed E-state index contributed by atoms with van der Waals surface area (Å²) in [5.74, 6) is 1.46. The van der Waals surface area contributed by atoms with Gasteiger partial charge in [-0.05, 0) is 62.1 Å². The summed E-state index contributed by atoms with van der Waals surface area (Å²) in [6.45, 7) is 2.76. The van der Waals surface area contributed by atoms with Crippen molar-refractivity contribution in [3.05, 3.63) is 60.8 Å². The number of nitrogens with one attached hydrogen (secondary N) is 2. The van der Waals surface area contributed by atoms with E-state index in [1.807, 2.05) is 65.5 Å². The molecule has 3 fully saturated rings. The first-order valence-electron chi connectivity index (χ1n) is 14.8. The molecule has 222 valence electrons. The third-order valence-corrected chi connectivity index (χ3v) is 8.45. The molecular weight excluding hydrogens is 548 g/mol. The van der Waals surface area contributed by atoms with Crippen LogP contribution in [0.5, 0.6) is 0 Å². The quantitative estimate of drug-likeness (QED) is 0.340. The van der Waals surface area contributed by atoms with Crippen molar-refractivity contribution in [2.24, 2.45) is 0 Å². The monoisotopic (exact) mass is 582 g/mol. The lowest BCUT2D eigenvalue weighted by atomic mass is 10.1. The molecule has 4 aromatic rings. The number of carbonyl (C=O) groups is 2. The van der Waals surface area contributed by atoms with Crippen LogP contribution in [0.3, 0.4) is 0 Å². The van der Waals surface area contributed by atoms with E-state index >= 15 is 0 Å². The van der Waals surface area contributed by atoms with E-state index in [1.54, 1.807) is 4.90 Å². The molecule has 5 heterocycles. The lowest BCUT2D eigenvalue weighted by Gasteiger charge is -2.33. The highest BCUT2D eigenvalue weighted by molar-refractivity contribution is 5.99. The molecule has 7 rings (SSSR count). The van der Waals surface area contributed by atoms with E-state index < -0.39 is 0 Å². The number of para-hydroxylation sites is 1. The lowest BCUT2D eigenvalue weighted by molar-refractivity contribution is 0.0303. The number of benzene rings is 2. The third kappa shape index (κ3) is 5.57. The minimum absolute atomic E-state index is 0.101. The number of anilines is 3. The highest BCUT2D eigenvalue weighted by Crippen LogP contribution is 2.35. The zero-order valence-corrected chi connectivity index (χ0v) is 24.0. The number of nitrogens with zero attached hydrogens (tertiary/aromatic N) is 6. The van der Waals surface area contributed by atoms with Gasteiger partial charge in [-0.25, -0.2) is 24.2 Å². The van der Waals surface area contributed by atoms with E-state index in [0.717, 1.165) is 66.9 Å². The molecule has 3 aliphatic rings. The van der Waals surface area contributed by atoms with Crippen LogP contribution in [0.2, 0.25) is 0 Å². The maximum absolute atomic E-state index is 12.5. The molecule has 2 N–H and O–H groups in total. The molecule has 2 unspecified atom stereocenters. The van der Waals surface area contributed by atoms with Gasteiger partial charge in [0.2, 0.25) is 0 Å². The molecule has 2 bridgehead atoms. The van der Waals surface area contributed by atoms with Crippen LogP contribution in [0, 0.1) is 0 Å². The molecule has 12 heteroatoms. The van der Waals surface area contributed by atoms with Crippen molar-refractivity contribution in [3.63, 3.8) is 0 Å². The molecule has 2 atom stereocenters. The fourth-order valence-corrected chi connectivity index (χ4v) is 6.28. The van der Waals surface area contributed by atoms with Crippen molar-refractivity contribution < 1.29 is 19.1 Å². The predicted molar refractivity (Wildman–Crippen MR) is 162 cm³/mol. The summed E-state index contributed by atoms with van der Waals surface area (Å²) in [6.07, 6.45) is 5.62. The Morgan fingerprint density at radius 1 is 0.884 bits per heavy atom. The third-order valence-electron chi connectivity index (χ3n) is 8.45. The van der Waals surface area contributed by atoms with Crippen LogP contribution in [0.15, 0.2) is 60.8 Å². The Balaban J connectivity index is 1.18. The van der Waals surface area contributed by atoms with E-state index in [1.165, 1.54) is 7.11 Å². The number of rotatable bonds is 5. The first kappa shape index (κ1) is 27.1. The zero-order valence-electron chi connectivity index (χ0n) is 24.0. The number of urea groups is 1. The maximum atomic E-state index is 12.5. The van der Waals surface area contributed by atoms with Crippen molar-refractivity contribution in [2.75, 3.05) is 48.8 Å². The number of morpholine rings is 1. The van der Waals surface area contributed by atoms with E-state index in [9.17, 15) is 9.59 Å². The molecule has 0 radical (unpaired) electrons. The molecule has 12 nitrogen and oxygen atoms in total. The molecule has 0 saturated carbocycles. The van der Waals surface area contributed by atoms with Gasteiger partial charge >= 0.3 is 12.1 Å². The van der Waals surface area contributed by atoms with Crippen LogP contribution in [-0.2, 0) is 9.47 Å². The van der Waals surface area contributed by atoms with E-state index in [-0.39, 0.29) is 30.4 Å². The van der Waals surface area contributed by atoms with Gasteiger partial charge in [0, 0.05) is 43.1 Å². The molecule has 0 aliphatic carbocycles. The van der Waals surface area contributed by atoms with Gasteiger partial charge in [0.05, 0.1) is 36.9 Å². The molecule has 3 amide bonds. The Kier molecular flexibility index (Phi) is 7.27.